The Morgan fingerprint density at radius 3 is 2.54 bits per heavy atom. The zero-order valence-corrected chi connectivity index (χ0v) is 8.04. The summed E-state index contributed by atoms with van der Waals surface area (Å²) in [4.78, 5) is 11.4. The minimum atomic E-state index is -0.600. The molecule has 1 atom stereocenters. The third-order valence-corrected chi connectivity index (χ3v) is 2.84. The number of hydrogen-bond donors (Lipinski definition) is 0. The highest BCUT2D eigenvalue weighted by molar-refractivity contribution is 5.81. The Morgan fingerprint density at radius 1 is 1.38 bits per heavy atom. The summed E-state index contributed by atoms with van der Waals surface area (Å²) in [5.41, 5.74) is -0.600. The SMILES string of the molecule is CC1(C(=O)OC2CCCCC2)CO1. The first kappa shape index (κ1) is 9.00. The first-order valence-corrected chi connectivity index (χ1v) is 5.06. The van der Waals surface area contributed by atoms with Gasteiger partial charge in [-0.05, 0) is 32.6 Å². The maximum absolute atomic E-state index is 11.4. The van der Waals surface area contributed by atoms with Crippen molar-refractivity contribution >= 4 is 5.97 Å². The predicted octanol–water partition coefficient (Wildman–Crippen LogP) is 1.65. The molecule has 3 nitrogen and oxygen atoms in total. The average molecular weight is 184 g/mol. The predicted molar refractivity (Wildman–Crippen MR) is 47.3 cm³/mol. The van der Waals surface area contributed by atoms with Crippen molar-refractivity contribution in [3.63, 3.8) is 0 Å². The van der Waals surface area contributed by atoms with Crippen molar-refractivity contribution in [3.05, 3.63) is 0 Å². The van der Waals surface area contributed by atoms with Gasteiger partial charge in [0.15, 0.2) is 5.60 Å². The number of carbonyl (C=O) groups excluding carboxylic acids is 1. The molecule has 13 heavy (non-hydrogen) atoms. The van der Waals surface area contributed by atoms with E-state index in [1.165, 1.54) is 19.3 Å². The Hall–Kier alpha value is -0.570. The minimum absolute atomic E-state index is 0.155. The smallest absolute Gasteiger partial charge is 0.340 e. The number of esters is 1. The summed E-state index contributed by atoms with van der Waals surface area (Å²) in [6, 6.07) is 0. The third kappa shape index (κ3) is 2.02. The lowest BCUT2D eigenvalue weighted by molar-refractivity contribution is -0.156. The first-order valence-electron chi connectivity index (χ1n) is 5.06. The highest BCUT2D eigenvalue weighted by Gasteiger charge is 2.49. The van der Waals surface area contributed by atoms with Gasteiger partial charge in [-0.1, -0.05) is 6.42 Å². The molecule has 1 unspecified atom stereocenters. The summed E-state index contributed by atoms with van der Waals surface area (Å²) in [7, 11) is 0. The first-order chi connectivity index (χ1) is 6.21. The van der Waals surface area contributed by atoms with Crippen LogP contribution in [0.25, 0.3) is 0 Å². The van der Waals surface area contributed by atoms with E-state index >= 15 is 0 Å². The van der Waals surface area contributed by atoms with Crippen LogP contribution in [0.5, 0.6) is 0 Å². The summed E-state index contributed by atoms with van der Waals surface area (Å²) in [5.74, 6) is -0.167. The number of epoxide rings is 1. The van der Waals surface area contributed by atoms with E-state index in [-0.39, 0.29) is 12.1 Å². The van der Waals surface area contributed by atoms with Gasteiger partial charge >= 0.3 is 5.97 Å². The van der Waals surface area contributed by atoms with Gasteiger partial charge in [0.05, 0.1) is 6.61 Å². The van der Waals surface area contributed by atoms with Gasteiger partial charge in [0, 0.05) is 0 Å². The molecular weight excluding hydrogens is 168 g/mol. The number of rotatable bonds is 2. The molecule has 0 spiro atoms. The highest BCUT2D eigenvalue weighted by atomic mass is 16.6. The second kappa shape index (κ2) is 3.29. The van der Waals surface area contributed by atoms with Gasteiger partial charge in [0.2, 0.25) is 0 Å². The van der Waals surface area contributed by atoms with Gasteiger partial charge in [-0.25, -0.2) is 4.79 Å². The fraction of sp³-hybridized carbons (Fsp3) is 0.900. The largest absolute Gasteiger partial charge is 0.460 e. The van der Waals surface area contributed by atoms with Crippen LogP contribution in [-0.4, -0.2) is 24.3 Å². The number of ether oxygens (including phenoxy) is 2. The van der Waals surface area contributed by atoms with Crippen LogP contribution in [0.1, 0.15) is 39.0 Å². The van der Waals surface area contributed by atoms with Gasteiger partial charge in [-0.15, -0.1) is 0 Å². The van der Waals surface area contributed by atoms with Crippen molar-refractivity contribution in [2.75, 3.05) is 6.61 Å². The Kier molecular flexibility index (Phi) is 2.28. The van der Waals surface area contributed by atoms with Crippen molar-refractivity contribution in [2.24, 2.45) is 0 Å². The fourth-order valence-electron chi connectivity index (χ4n) is 1.69. The monoisotopic (exact) mass is 184 g/mol. The molecule has 0 radical (unpaired) electrons. The Morgan fingerprint density at radius 2 is 2.00 bits per heavy atom. The van der Waals surface area contributed by atoms with Crippen LogP contribution in [0.15, 0.2) is 0 Å². The van der Waals surface area contributed by atoms with Crippen molar-refractivity contribution in [1.82, 2.24) is 0 Å². The van der Waals surface area contributed by atoms with E-state index < -0.39 is 5.60 Å². The lowest BCUT2D eigenvalue weighted by atomic mass is 9.98. The minimum Gasteiger partial charge on any atom is -0.460 e. The molecule has 3 heteroatoms. The summed E-state index contributed by atoms with van der Waals surface area (Å²) in [6.45, 7) is 2.32. The molecule has 1 aliphatic carbocycles. The molecule has 2 rings (SSSR count). The molecule has 1 saturated heterocycles. The number of carbonyl (C=O) groups is 1. The second-order valence-electron chi connectivity index (χ2n) is 4.18. The molecule has 2 fully saturated rings. The summed E-state index contributed by atoms with van der Waals surface area (Å²) >= 11 is 0. The van der Waals surface area contributed by atoms with E-state index in [2.05, 4.69) is 0 Å². The summed E-state index contributed by atoms with van der Waals surface area (Å²) in [6.07, 6.45) is 5.87. The van der Waals surface area contributed by atoms with E-state index in [4.69, 9.17) is 9.47 Å². The van der Waals surface area contributed by atoms with E-state index in [1.54, 1.807) is 6.92 Å². The van der Waals surface area contributed by atoms with Gasteiger partial charge in [-0.3, -0.25) is 0 Å². The van der Waals surface area contributed by atoms with Crippen LogP contribution < -0.4 is 0 Å². The van der Waals surface area contributed by atoms with Crippen LogP contribution in [0, 0.1) is 0 Å². The Labute approximate surface area is 78.4 Å². The highest BCUT2D eigenvalue weighted by Crippen LogP contribution is 2.30. The van der Waals surface area contributed by atoms with Crippen LogP contribution in [-0.2, 0) is 14.3 Å². The molecule has 1 saturated carbocycles. The zero-order valence-electron chi connectivity index (χ0n) is 8.04. The van der Waals surface area contributed by atoms with Crippen LogP contribution in [0.4, 0.5) is 0 Å². The van der Waals surface area contributed by atoms with Crippen molar-refractivity contribution in [1.29, 1.82) is 0 Å². The molecule has 0 aromatic carbocycles. The molecule has 0 aromatic heterocycles. The van der Waals surface area contributed by atoms with E-state index in [1.807, 2.05) is 0 Å². The molecule has 0 bridgehead atoms. The topological polar surface area (TPSA) is 38.8 Å². The molecule has 1 aliphatic heterocycles. The Bertz CT molecular complexity index is 202. The summed E-state index contributed by atoms with van der Waals surface area (Å²) in [5, 5.41) is 0. The van der Waals surface area contributed by atoms with Crippen LogP contribution >= 0.6 is 0 Å². The lowest BCUT2D eigenvalue weighted by Crippen LogP contribution is -2.29. The molecular formula is C10H16O3. The summed E-state index contributed by atoms with van der Waals surface area (Å²) < 4.78 is 10.4. The normalized spacial score (nSPS) is 34.2. The second-order valence-corrected chi connectivity index (χ2v) is 4.18. The molecule has 0 N–H and O–H groups in total. The average Bonchev–Trinajstić information content (AvgIpc) is 2.87. The van der Waals surface area contributed by atoms with Crippen LogP contribution in [0.2, 0.25) is 0 Å². The Balaban J connectivity index is 1.79. The van der Waals surface area contributed by atoms with Gasteiger partial charge in [0.25, 0.3) is 0 Å². The maximum atomic E-state index is 11.4. The lowest BCUT2D eigenvalue weighted by Gasteiger charge is -2.22. The number of hydrogen-bond acceptors (Lipinski definition) is 3. The van der Waals surface area contributed by atoms with Crippen molar-refractivity contribution < 1.29 is 14.3 Å². The van der Waals surface area contributed by atoms with Crippen molar-refractivity contribution in [2.45, 2.75) is 50.7 Å². The standard InChI is InChI=1S/C10H16O3/c1-10(7-12-10)9(11)13-8-5-3-2-4-6-8/h8H,2-7H2,1H3. The van der Waals surface area contributed by atoms with Gasteiger partial charge in [0.1, 0.15) is 6.10 Å². The van der Waals surface area contributed by atoms with Gasteiger partial charge in [-0.2, -0.15) is 0 Å². The van der Waals surface area contributed by atoms with Gasteiger partial charge < -0.3 is 9.47 Å². The quantitative estimate of drug-likeness (QED) is 0.484. The van der Waals surface area contributed by atoms with Crippen molar-refractivity contribution in [3.8, 4) is 0 Å². The molecule has 1 heterocycles. The van der Waals surface area contributed by atoms with E-state index in [0.29, 0.717) is 6.61 Å². The fourth-order valence-corrected chi connectivity index (χ4v) is 1.69. The van der Waals surface area contributed by atoms with Crippen LogP contribution in [0.3, 0.4) is 0 Å². The maximum Gasteiger partial charge on any atom is 0.340 e. The molecule has 0 amide bonds. The van der Waals surface area contributed by atoms with E-state index in [9.17, 15) is 4.79 Å². The molecule has 74 valence electrons. The third-order valence-electron chi connectivity index (χ3n) is 2.84. The molecule has 2 aliphatic rings. The molecule has 0 aromatic rings. The zero-order chi connectivity index (χ0) is 9.31. The van der Waals surface area contributed by atoms with E-state index in [0.717, 1.165) is 12.8 Å².